The van der Waals surface area contributed by atoms with Crippen LogP contribution in [0, 0.1) is 0 Å². The third-order valence-electron chi connectivity index (χ3n) is 9.79. The molecule has 0 saturated carbocycles. The Balaban J connectivity index is 1.30. The van der Waals surface area contributed by atoms with E-state index in [2.05, 4.69) is 88.8 Å². The molecule has 50 heavy (non-hydrogen) atoms. The molecule has 0 amide bonds. The van der Waals surface area contributed by atoms with Gasteiger partial charge in [0.05, 0.1) is 11.0 Å². The van der Waals surface area contributed by atoms with Crippen molar-refractivity contribution in [2.45, 2.75) is 5.41 Å². The van der Waals surface area contributed by atoms with Crippen LogP contribution in [-0.4, -0.2) is 24.9 Å². The van der Waals surface area contributed by atoms with Crippen molar-refractivity contribution in [2.24, 2.45) is 0 Å². The van der Waals surface area contributed by atoms with Gasteiger partial charge in [0, 0.05) is 40.8 Å². The standard InChI is InChI=1S/C44H27N5O/c1-2-12-29(13-3-1)41-47-42(49-43(48-41)38-22-8-9-25-46-38)33-17-11-21-37-40(33)50-39-30(28-23-26-45-27-24-28)16-10-20-36(39)44(37)34-18-6-4-14-31(34)32-15-5-7-19-35(32)44/h1-27H. The summed E-state index contributed by atoms with van der Waals surface area (Å²) in [5, 5.41) is 0. The lowest BCUT2D eigenvalue weighted by molar-refractivity contribution is 0.439. The second-order valence-corrected chi connectivity index (χ2v) is 12.4. The molecule has 0 fully saturated rings. The van der Waals surface area contributed by atoms with Crippen LogP contribution in [0.1, 0.15) is 22.3 Å². The number of pyridine rings is 2. The normalized spacial score (nSPS) is 13.1. The number of hydrogen-bond acceptors (Lipinski definition) is 6. The number of fused-ring (bicyclic) bond motifs is 9. The lowest BCUT2D eigenvalue weighted by atomic mass is 9.65. The van der Waals surface area contributed by atoms with Gasteiger partial charge in [0.1, 0.15) is 17.2 Å². The van der Waals surface area contributed by atoms with E-state index in [0.29, 0.717) is 28.9 Å². The maximum Gasteiger partial charge on any atom is 0.182 e. The predicted molar refractivity (Wildman–Crippen MR) is 195 cm³/mol. The Hall–Kier alpha value is -6.79. The topological polar surface area (TPSA) is 73.7 Å². The minimum absolute atomic E-state index is 0.493. The van der Waals surface area contributed by atoms with Gasteiger partial charge in [-0.25, -0.2) is 15.0 Å². The van der Waals surface area contributed by atoms with Crippen LogP contribution in [0.2, 0.25) is 0 Å². The first-order chi connectivity index (χ1) is 24.8. The van der Waals surface area contributed by atoms with Gasteiger partial charge in [-0.05, 0) is 58.1 Å². The molecule has 8 aromatic rings. The molecule has 6 nitrogen and oxygen atoms in total. The zero-order valence-corrected chi connectivity index (χ0v) is 26.7. The summed E-state index contributed by atoms with van der Waals surface area (Å²) < 4.78 is 7.22. The van der Waals surface area contributed by atoms with Crippen molar-refractivity contribution >= 4 is 0 Å². The van der Waals surface area contributed by atoms with Gasteiger partial charge < -0.3 is 4.74 Å². The zero-order chi connectivity index (χ0) is 33.1. The highest BCUT2D eigenvalue weighted by Gasteiger charge is 2.52. The number of ether oxygens (including phenoxy) is 1. The first-order valence-corrected chi connectivity index (χ1v) is 16.6. The average molecular weight is 642 g/mol. The average Bonchev–Trinajstić information content (AvgIpc) is 3.49. The Morgan fingerprint density at radius 3 is 1.64 bits per heavy atom. The largest absolute Gasteiger partial charge is 0.455 e. The van der Waals surface area contributed by atoms with Crippen molar-refractivity contribution in [2.75, 3.05) is 0 Å². The fraction of sp³-hybridized carbons (Fsp3) is 0.0227. The maximum absolute atomic E-state index is 7.22. The zero-order valence-electron chi connectivity index (χ0n) is 26.7. The Morgan fingerprint density at radius 2 is 0.940 bits per heavy atom. The molecule has 0 radical (unpaired) electrons. The molecule has 0 saturated heterocycles. The van der Waals surface area contributed by atoms with Crippen LogP contribution in [0.25, 0.3) is 56.5 Å². The van der Waals surface area contributed by atoms with Crippen LogP contribution in [0.4, 0.5) is 0 Å². The molecule has 1 aliphatic heterocycles. The molecule has 5 aromatic carbocycles. The quantitative estimate of drug-likeness (QED) is 0.191. The van der Waals surface area contributed by atoms with Gasteiger partial charge in [0.15, 0.2) is 17.5 Å². The van der Waals surface area contributed by atoms with Crippen molar-refractivity contribution in [3.05, 3.63) is 186 Å². The third-order valence-corrected chi connectivity index (χ3v) is 9.79. The summed E-state index contributed by atoms with van der Waals surface area (Å²) in [5.74, 6) is 3.08. The lowest BCUT2D eigenvalue weighted by Crippen LogP contribution is -2.32. The molecule has 0 N–H and O–H groups in total. The van der Waals surface area contributed by atoms with Crippen LogP contribution >= 0.6 is 0 Å². The summed E-state index contributed by atoms with van der Waals surface area (Å²) in [7, 11) is 0. The van der Waals surface area contributed by atoms with E-state index >= 15 is 0 Å². The highest BCUT2D eigenvalue weighted by Crippen LogP contribution is 2.64. The number of hydrogen-bond donors (Lipinski definition) is 0. The summed E-state index contributed by atoms with van der Waals surface area (Å²) in [6.07, 6.45) is 5.40. The molecule has 1 spiro atoms. The summed E-state index contributed by atoms with van der Waals surface area (Å²) in [6, 6.07) is 50.1. The van der Waals surface area contributed by atoms with Gasteiger partial charge in [-0.15, -0.1) is 0 Å². The van der Waals surface area contributed by atoms with Gasteiger partial charge in [0.2, 0.25) is 0 Å². The van der Waals surface area contributed by atoms with Gasteiger partial charge in [-0.2, -0.15) is 0 Å². The van der Waals surface area contributed by atoms with Crippen LogP contribution in [-0.2, 0) is 5.41 Å². The summed E-state index contributed by atoms with van der Waals surface area (Å²) in [5.41, 5.74) is 10.7. The molecule has 6 heteroatoms. The summed E-state index contributed by atoms with van der Waals surface area (Å²) >= 11 is 0. The van der Waals surface area contributed by atoms with Crippen LogP contribution < -0.4 is 4.74 Å². The number of benzene rings is 5. The van der Waals surface area contributed by atoms with Crippen molar-refractivity contribution in [3.63, 3.8) is 0 Å². The molecule has 4 heterocycles. The number of rotatable bonds is 4. The third kappa shape index (κ3) is 4.12. The number of nitrogens with zero attached hydrogens (tertiary/aromatic N) is 5. The minimum atomic E-state index is -0.658. The maximum atomic E-state index is 7.22. The van der Waals surface area contributed by atoms with Gasteiger partial charge in [-0.1, -0.05) is 115 Å². The van der Waals surface area contributed by atoms with E-state index in [4.69, 9.17) is 19.7 Å². The predicted octanol–water partition coefficient (Wildman–Crippen LogP) is 9.80. The second kappa shape index (κ2) is 11.1. The van der Waals surface area contributed by atoms with Crippen LogP contribution in [0.5, 0.6) is 11.5 Å². The van der Waals surface area contributed by atoms with Crippen molar-refractivity contribution in [3.8, 4) is 68.0 Å². The van der Waals surface area contributed by atoms with Crippen molar-refractivity contribution in [1.29, 1.82) is 0 Å². The fourth-order valence-electron chi connectivity index (χ4n) is 7.70. The first kappa shape index (κ1) is 28.2. The Labute approximate surface area is 288 Å². The summed E-state index contributed by atoms with van der Waals surface area (Å²) in [6.45, 7) is 0. The number of para-hydroxylation sites is 2. The van der Waals surface area contributed by atoms with Crippen LogP contribution in [0.15, 0.2) is 164 Å². The van der Waals surface area contributed by atoms with Crippen LogP contribution in [0.3, 0.4) is 0 Å². The smallest absolute Gasteiger partial charge is 0.182 e. The van der Waals surface area contributed by atoms with E-state index in [9.17, 15) is 0 Å². The van der Waals surface area contributed by atoms with Crippen molar-refractivity contribution in [1.82, 2.24) is 24.9 Å². The Morgan fingerprint density at radius 1 is 0.380 bits per heavy atom. The molecular formula is C44H27N5O. The van der Waals surface area contributed by atoms with Gasteiger partial charge >= 0.3 is 0 Å². The van der Waals surface area contributed by atoms with E-state index in [1.807, 2.05) is 79.1 Å². The Bertz CT molecular complexity index is 2470. The van der Waals surface area contributed by atoms with E-state index in [-0.39, 0.29) is 0 Å². The van der Waals surface area contributed by atoms with E-state index < -0.39 is 5.41 Å². The minimum Gasteiger partial charge on any atom is -0.455 e. The summed E-state index contributed by atoms with van der Waals surface area (Å²) in [4.78, 5) is 24.0. The highest BCUT2D eigenvalue weighted by molar-refractivity contribution is 5.91. The monoisotopic (exact) mass is 641 g/mol. The molecule has 0 atom stereocenters. The van der Waals surface area contributed by atoms with Gasteiger partial charge in [0.25, 0.3) is 0 Å². The molecule has 3 aromatic heterocycles. The molecule has 0 bridgehead atoms. The first-order valence-electron chi connectivity index (χ1n) is 16.6. The highest BCUT2D eigenvalue weighted by atomic mass is 16.5. The molecule has 1 aliphatic carbocycles. The van der Waals surface area contributed by atoms with E-state index in [1.54, 1.807) is 6.20 Å². The SMILES string of the molecule is c1ccc(-c2nc(-c3ccccn3)nc(-c3cccc4c3Oc3c(-c5ccncc5)cccc3C43c4ccccc4-c4ccccc43)n2)cc1. The van der Waals surface area contributed by atoms with E-state index in [1.165, 1.54) is 22.3 Å². The lowest BCUT2D eigenvalue weighted by Gasteiger charge is -2.40. The fourth-order valence-corrected chi connectivity index (χ4v) is 7.70. The van der Waals surface area contributed by atoms with E-state index in [0.717, 1.165) is 39.1 Å². The number of aromatic nitrogens is 5. The van der Waals surface area contributed by atoms with Crippen molar-refractivity contribution < 1.29 is 4.74 Å². The second-order valence-electron chi connectivity index (χ2n) is 12.4. The molecule has 234 valence electrons. The molecule has 10 rings (SSSR count). The molecule has 2 aliphatic rings. The molecule has 0 unspecified atom stereocenters. The van der Waals surface area contributed by atoms with Gasteiger partial charge in [-0.3, -0.25) is 9.97 Å². The molecular weight excluding hydrogens is 615 g/mol. The Kier molecular flexibility index (Phi) is 6.29.